The number of aliphatic hydroxyl groups excluding tert-OH is 1. The van der Waals surface area contributed by atoms with E-state index in [0.717, 1.165) is 11.1 Å². The first-order chi connectivity index (χ1) is 15.9. The fourth-order valence-corrected chi connectivity index (χ4v) is 4.01. The van der Waals surface area contributed by atoms with E-state index in [1.54, 1.807) is 29.0 Å². The van der Waals surface area contributed by atoms with Gasteiger partial charge in [0.2, 0.25) is 11.8 Å². The van der Waals surface area contributed by atoms with Crippen LogP contribution in [0.25, 0.3) is 0 Å². The van der Waals surface area contributed by atoms with Gasteiger partial charge in [0.15, 0.2) is 0 Å². The predicted octanol–water partition coefficient (Wildman–Crippen LogP) is 2.60. The molecule has 7 nitrogen and oxygen atoms in total. The summed E-state index contributed by atoms with van der Waals surface area (Å²) in [5, 5.41) is 22.5. The van der Waals surface area contributed by atoms with Crippen LogP contribution in [0.3, 0.4) is 0 Å². The minimum absolute atomic E-state index is 0.0105. The predicted molar refractivity (Wildman–Crippen MR) is 135 cm³/mol. The van der Waals surface area contributed by atoms with Gasteiger partial charge in [-0.1, -0.05) is 48.5 Å². The number of amides is 2. The molecular weight excluding hydrogens is 430 g/mol. The highest BCUT2D eigenvalue weighted by molar-refractivity contribution is 5.82. The highest BCUT2D eigenvalue weighted by Crippen LogP contribution is 2.22. The van der Waals surface area contributed by atoms with Crippen molar-refractivity contribution in [3.63, 3.8) is 0 Å². The normalized spacial score (nSPS) is 12.0. The third kappa shape index (κ3) is 8.47. The summed E-state index contributed by atoms with van der Waals surface area (Å²) in [6.45, 7) is 7.89. The van der Waals surface area contributed by atoms with E-state index in [1.807, 2.05) is 70.2 Å². The monoisotopic (exact) mass is 469 g/mol. The van der Waals surface area contributed by atoms with E-state index in [4.69, 9.17) is 0 Å². The molecule has 0 unspecified atom stereocenters. The number of aromatic hydroxyl groups is 1. The van der Waals surface area contributed by atoms with Crippen molar-refractivity contribution in [3.8, 4) is 5.75 Å². The number of carbonyl (C=O) groups excluding carboxylic acids is 2. The van der Waals surface area contributed by atoms with E-state index in [1.165, 1.54) is 0 Å². The molecule has 0 saturated heterocycles. The molecule has 2 aromatic carbocycles. The van der Waals surface area contributed by atoms with Crippen LogP contribution in [0.1, 0.15) is 38.8 Å². The van der Waals surface area contributed by atoms with Crippen molar-refractivity contribution < 1.29 is 19.8 Å². The molecule has 2 amide bonds. The minimum Gasteiger partial charge on any atom is -0.508 e. The number of aliphatic hydroxyl groups is 1. The number of hydrogen-bond acceptors (Lipinski definition) is 5. The third-order valence-corrected chi connectivity index (χ3v) is 6.01. The fraction of sp³-hybridized carbons (Fsp3) is 0.481. The van der Waals surface area contributed by atoms with Gasteiger partial charge in [-0.05, 0) is 57.7 Å². The summed E-state index contributed by atoms with van der Waals surface area (Å²) in [5.74, 6) is -0.165. The van der Waals surface area contributed by atoms with Gasteiger partial charge >= 0.3 is 0 Å². The van der Waals surface area contributed by atoms with Crippen LogP contribution in [0.15, 0.2) is 54.6 Å². The maximum Gasteiger partial charge on any atom is 0.236 e. The molecule has 2 rings (SSSR count). The first kappa shape index (κ1) is 27.3. The number of para-hydroxylation sites is 1. The number of hydrogen-bond donors (Lipinski definition) is 3. The molecule has 0 atom stereocenters. The van der Waals surface area contributed by atoms with E-state index >= 15 is 0 Å². The number of phenolic OH excluding ortho intramolecular Hbond substituents is 1. The molecule has 0 aliphatic carbocycles. The Labute approximate surface area is 203 Å². The molecule has 7 heteroatoms. The van der Waals surface area contributed by atoms with Gasteiger partial charge < -0.3 is 20.4 Å². The van der Waals surface area contributed by atoms with Crippen molar-refractivity contribution in [1.82, 2.24) is 15.1 Å². The molecule has 0 aliphatic rings. The number of benzene rings is 2. The summed E-state index contributed by atoms with van der Waals surface area (Å²) < 4.78 is 0. The molecule has 0 aliphatic heterocycles. The van der Waals surface area contributed by atoms with Crippen LogP contribution >= 0.6 is 0 Å². The van der Waals surface area contributed by atoms with Crippen molar-refractivity contribution >= 4 is 11.8 Å². The average molecular weight is 470 g/mol. The Morgan fingerprint density at radius 1 is 0.912 bits per heavy atom. The van der Waals surface area contributed by atoms with Crippen LogP contribution in [-0.2, 0) is 22.4 Å². The fourth-order valence-electron chi connectivity index (χ4n) is 4.01. The topological polar surface area (TPSA) is 93.1 Å². The quantitative estimate of drug-likeness (QED) is 0.444. The summed E-state index contributed by atoms with van der Waals surface area (Å²) in [7, 11) is 1.78. The molecule has 0 radical (unpaired) electrons. The van der Waals surface area contributed by atoms with Crippen LogP contribution < -0.4 is 5.32 Å². The van der Waals surface area contributed by atoms with Crippen LogP contribution in [0.4, 0.5) is 0 Å². The first-order valence-corrected chi connectivity index (χ1v) is 11.7. The SMILES string of the molecule is CN(C(=O)CN(CCO)CC(=O)NC(C)(C)Cc1ccccc1O)C(C)(C)Cc1ccccc1. The van der Waals surface area contributed by atoms with E-state index < -0.39 is 11.1 Å². The highest BCUT2D eigenvalue weighted by atomic mass is 16.3. The van der Waals surface area contributed by atoms with Crippen LogP contribution in [-0.4, -0.2) is 76.2 Å². The number of likely N-dealkylation sites (N-methyl/N-ethyl adjacent to an activating group) is 1. The second-order valence-electron chi connectivity index (χ2n) is 10.1. The number of carbonyl (C=O) groups is 2. The van der Waals surface area contributed by atoms with Gasteiger partial charge in [0.25, 0.3) is 0 Å². The lowest BCUT2D eigenvalue weighted by Gasteiger charge is -2.37. The van der Waals surface area contributed by atoms with Crippen molar-refractivity contribution in [2.24, 2.45) is 0 Å². The highest BCUT2D eigenvalue weighted by Gasteiger charge is 2.30. The first-order valence-electron chi connectivity index (χ1n) is 11.7. The van der Waals surface area contributed by atoms with Crippen LogP contribution in [0.2, 0.25) is 0 Å². The minimum atomic E-state index is -0.598. The van der Waals surface area contributed by atoms with Crippen molar-refractivity contribution in [2.75, 3.05) is 33.3 Å². The van der Waals surface area contributed by atoms with Gasteiger partial charge in [-0.3, -0.25) is 14.5 Å². The summed E-state index contributed by atoms with van der Waals surface area (Å²) in [6.07, 6.45) is 1.16. The lowest BCUT2D eigenvalue weighted by atomic mass is 9.93. The number of nitrogens with zero attached hydrogens (tertiary/aromatic N) is 2. The van der Waals surface area contributed by atoms with Crippen LogP contribution in [0.5, 0.6) is 5.75 Å². The van der Waals surface area contributed by atoms with Crippen molar-refractivity contribution in [1.29, 1.82) is 0 Å². The number of rotatable bonds is 12. The Morgan fingerprint density at radius 2 is 1.53 bits per heavy atom. The largest absolute Gasteiger partial charge is 0.508 e. The molecule has 0 bridgehead atoms. The number of nitrogens with one attached hydrogen (secondary N) is 1. The maximum absolute atomic E-state index is 13.1. The molecule has 186 valence electrons. The summed E-state index contributed by atoms with van der Waals surface area (Å²) in [6, 6.07) is 17.1. The van der Waals surface area contributed by atoms with Crippen molar-refractivity contribution in [3.05, 3.63) is 65.7 Å². The van der Waals surface area contributed by atoms with Gasteiger partial charge in [0.05, 0.1) is 19.7 Å². The van der Waals surface area contributed by atoms with Gasteiger partial charge in [0, 0.05) is 24.7 Å². The second-order valence-corrected chi connectivity index (χ2v) is 10.1. The Balaban J connectivity index is 1.97. The molecule has 0 saturated carbocycles. The Kier molecular flexibility index (Phi) is 9.65. The van der Waals surface area contributed by atoms with E-state index in [9.17, 15) is 19.8 Å². The lowest BCUT2D eigenvalue weighted by molar-refractivity contribution is -0.136. The standard InChI is InChI=1S/C27H39N3O4/c1-26(2,18-22-13-9-10-14-23(22)32)28-24(33)19-30(15-16-31)20-25(34)29(5)27(3,4)17-21-11-7-6-8-12-21/h6-14,31-32H,15-20H2,1-5H3,(H,28,33). The zero-order chi connectivity index (χ0) is 25.4. The van der Waals surface area contributed by atoms with E-state index in [-0.39, 0.29) is 43.8 Å². The summed E-state index contributed by atoms with van der Waals surface area (Å²) >= 11 is 0. The van der Waals surface area contributed by atoms with Crippen molar-refractivity contribution in [2.45, 2.75) is 51.6 Å². The third-order valence-electron chi connectivity index (χ3n) is 6.01. The van der Waals surface area contributed by atoms with E-state index in [2.05, 4.69) is 5.32 Å². The summed E-state index contributed by atoms with van der Waals surface area (Å²) in [4.78, 5) is 29.2. The molecule has 0 heterocycles. The zero-order valence-corrected chi connectivity index (χ0v) is 21.0. The number of phenols is 1. The molecule has 0 spiro atoms. The molecule has 3 N–H and O–H groups in total. The molecule has 0 aromatic heterocycles. The van der Waals surface area contributed by atoms with Gasteiger partial charge in [0.1, 0.15) is 5.75 Å². The smallest absolute Gasteiger partial charge is 0.236 e. The van der Waals surface area contributed by atoms with Gasteiger partial charge in [-0.25, -0.2) is 0 Å². The van der Waals surface area contributed by atoms with E-state index in [0.29, 0.717) is 12.8 Å². The Hall–Kier alpha value is -2.90. The second kappa shape index (κ2) is 12.0. The summed E-state index contributed by atoms with van der Waals surface area (Å²) in [5.41, 5.74) is 0.882. The maximum atomic E-state index is 13.1. The van der Waals surface area contributed by atoms with Gasteiger partial charge in [-0.15, -0.1) is 0 Å². The lowest BCUT2D eigenvalue weighted by Crippen LogP contribution is -2.53. The average Bonchev–Trinajstić information content (AvgIpc) is 2.74. The molecule has 0 fully saturated rings. The Bertz CT molecular complexity index is 944. The van der Waals surface area contributed by atoms with Crippen LogP contribution in [0, 0.1) is 0 Å². The van der Waals surface area contributed by atoms with Gasteiger partial charge in [-0.2, -0.15) is 0 Å². The molecule has 34 heavy (non-hydrogen) atoms. The zero-order valence-electron chi connectivity index (χ0n) is 21.0. The molecular formula is C27H39N3O4. The molecule has 2 aromatic rings. The Morgan fingerprint density at radius 3 is 2.15 bits per heavy atom.